The Morgan fingerprint density at radius 3 is 1.97 bits per heavy atom. The Morgan fingerprint density at radius 1 is 0.395 bits per heavy atom. The molecule has 2 heterocycles. The van der Waals surface area contributed by atoms with Crippen molar-refractivity contribution in [3.63, 3.8) is 0 Å². The minimum absolute atomic E-state index is 1.18. The molecule has 2 heteroatoms. The van der Waals surface area contributed by atoms with Crippen molar-refractivity contribution in [1.29, 1.82) is 0 Å². The zero-order valence-electron chi connectivity index (χ0n) is 20.8. The van der Waals surface area contributed by atoms with E-state index in [1.807, 2.05) is 0 Å². The Balaban J connectivity index is 1.28. The van der Waals surface area contributed by atoms with E-state index < -0.39 is 0 Å². The first kappa shape index (κ1) is 21.0. The molecular weight excluding hydrogens is 460 g/mol. The molecule has 0 N–H and O–H groups in total. The number of hydrogen-bond donors (Lipinski definition) is 0. The van der Waals surface area contributed by atoms with E-state index in [4.69, 9.17) is 0 Å². The van der Waals surface area contributed by atoms with Crippen molar-refractivity contribution in [3.05, 3.63) is 146 Å². The average molecular weight is 485 g/mol. The van der Waals surface area contributed by atoms with E-state index in [9.17, 15) is 0 Å². The maximum Gasteiger partial charge on any atom is 0.0541 e. The van der Waals surface area contributed by atoms with Gasteiger partial charge in [0.1, 0.15) is 0 Å². The summed E-state index contributed by atoms with van der Waals surface area (Å²) in [7, 11) is 0. The van der Waals surface area contributed by atoms with Crippen molar-refractivity contribution in [1.82, 2.24) is 9.13 Å². The van der Waals surface area contributed by atoms with Gasteiger partial charge in [0, 0.05) is 33.4 Å². The minimum Gasteiger partial charge on any atom is -0.316 e. The Bertz CT molecular complexity index is 2120. The van der Waals surface area contributed by atoms with E-state index in [0.717, 1.165) is 0 Å². The highest BCUT2D eigenvalue weighted by Crippen LogP contribution is 2.36. The third-order valence-corrected chi connectivity index (χ3v) is 7.74. The van der Waals surface area contributed by atoms with Crippen LogP contribution in [0.3, 0.4) is 0 Å². The van der Waals surface area contributed by atoms with Crippen LogP contribution < -0.4 is 0 Å². The quantitative estimate of drug-likeness (QED) is 0.236. The molecule has 0 aliphatic rings. The summed E-state index contributed by atoms with van der Waals surface area (Å²) in [6.07, 6.45) is 2.19. The van der Waals surface area contributed by atoms with Crippen LogP contribution in [0.15, 0.2) is 146 Å². The number of hydrogen-bond acceptors (Lipinski definition) is 0. The number of fused-ring (bicyclic) bond motifs is 5. The second kappa shape index (κ2) is 8.22. The Labute approximate surface area is 220 Å². The van der Waals surface area contributed by atoms with Crippen LogP contribution in [-0.4, -0.2) is 9.13 Å². The lowest BCUT2D eigenvalue weighted by molar-refractivity contribution is 1.14. The van der Waals surface area contributed by atoms with Crippen LogP contribution in [0.25, 0.3) is 66.0 Å². The molecule has 0 radical (unpaired) electrons. The lowest BCUT2D eigenvalue weighted by Gasteiger charge is -2.10. The van der Waals surface area contributed by atoms with Crippen molar-refractivity contribution < 1.29 is 0 Å². The molecule has 38 heavy (non-hydrogen) atoms. The molecule has 0 amide bonds. The van der Waals surface area contributed by atoms with Gasteiger partial charge in [0.2, 0.25) is 0 Å². The molecule has 0 aliphatic carbocycles. The molecule has 0 unspecified atom stereocenters. The Kier molecular flexibility index (Phi) is 4.55. The predicted octanol–water partition coefficient (Wildman–Crippen LogP) is 9.55. The molecule has 0 aliphatic heterocycles. The van der Waals surface area contributed by atoms with Gasteiger partial charge in [-0.15, -0.1) is 0 Å². The maximum atomic E-state index is 2.36. The van der Waals surface area contributed by atoms with Crippen LogP contribution in [0.5, 0.6) is 0 Å². The Hall–Kier alpha value is -5.08. The zero-order chi connectivity index (χ0) is 25.1. The summed E-state index contributed by atoms with van der Waals surface area (Å²) >= 11 is 0. The second-order valence-electron chi connectivity index (χ2n) is 9.88. The van der Waals surface area contributed by atoms with Crippen LogP contribution in [0.2, 0.25) is 0 Å². The summed E-state index contributed by atoms with van der Waals surface area (Å²) in [5, 5.41) is 6.30. The van der Waals surface area contributed by atoms with Gasteiger partial charge >= 0.3 is 0 Å². The van der Waals surface area contributed by atoms with E-state index in [0.29, 0.717) is 0 Å². The van der Waals surface area contributed by atoms with E-state index in [2.05, 4.69) is 155 Å². The predicted molar refractivity (Wildman–Crippen MR) is 161 cm³/mol. The smallest absolute Gasteiger partial charge is 0.0541 e. The molecule has 0 atom stereocenters. The first-order valence-electron chi connectivity index (χ1n) is 13.0. The van der Waals surface area contributed by atoms with Crippen molar-refractivity contribution >= 4 is 43.5 Å². The fraction of sp³-hybridized carbons (Fsp3) is 0. The van der Waals surface area contributed by atoms with E-state index in [1.165, 1.54) is 66.0 Å². The van der Waals surface area contributed by atoms with Crippen LogP contribution >= 0.6 is 0 Å². The van der Waals surface area contributed by atoms with Gasteiger partial charge in [0.25, 0.3) is 0 Å². The molecule has 8 rings (SSSR count). The Morgan fingerprint density at radius 2 is 1.08 bits per heavy atom. The second-order valence-corrected chi connectivity index (χ2v) is 9.88. The first-order chi connectivity index (χ1) is 18.8. The largest absolute Gasteiger partial charge is 0.316 e. The molecule has 0 saturated heterocycles. The highest BCUT2D eigenvalue weighted by molar-refractivity contribution is 6.10. The van der Waals surface area contributed by atoms with Gasteiger partial charge in [0.05, 0.1) is 22.2 Å². The molecule has 2 aromatic heterocycles. The highest BCUT2D eigenvalue weighted by atomic mass is 15.0. The van der Waals surface area contributed by atoms with Gasteiger partial charge in [-0.3, -0.25) is 0 Å². The summed E-state index contributed by atoms with van der Waals surface area (Å²) < 4.78 is 4.67. The lowest BCUT2D eigenvalue weighted by atomic mass is 10.0. The standard InChI is InChI=1S/C36H24N2/c1-2-11-29(12-3-1)38-35-15-7-6-14-31(35)32-24-27(18-20-36(32)38)26-17-19-33-28(23-26)21-22-37(33)34-16-8-10-25-9-4-5-13-30(25)34/h1-24H. The van der Waals surface area contributed by atoms with Crippen molar-refractivity contribution in [2.45, 2.75) is 0 Å². The molecule has 0 spiro atoms. The zero-order valence-corrected chi connectivity index (χ0v) is 20.8. The molecular formula is C36H24N2. The summed E-state index contributed by atoms with van der Waals surface area (Å²) in [5.41, 5.74) is 8.52. The summed E-state index contributed by atoms with van der Waals surface area (Å²) in [6, 6.07) is 50.3. The first-order valence-corrected chi connectivity index (χ1v) is 13.0. The van der Waals surface area contributed by atoms with E-state index >= 15 is 0 Å². The molecule has 8 aromatic rings. The number of para-hydroxylation sites is 2. The van der Waals surface area contributed by atoms with Gasteiger partial charge in [0.15, 0.2) is 0 Å². The SMILES string of the molecule is c1ccc(-n2c3ccccc3c3cc(-c4ccc5c(ccn5-c5cccc6ccccc56)c4)ccc32)cc1. The topological polar surface area (TPSA) is 9.86 Å². The lowest BCUT2D eigenvalue weighted by Crippen LogP contribution is -1.93. The van der Waals surface area contributed by atoms with Gasteiger partial charge in [-0.2, -0.15) is 0 Å². The van der Waals surface area contributed by atoms with Gasteiger partial charge in [-0.05, 0) is 71.1 Å². The molecule has 2 nitrogen and oxygen atoms in total. The van der Waals surface area contributed by atoms with Crippen LogP contribution in [0, 0.1) is 0 Å². The average Bonchev–Trinajstić information content (AvgIpc) is 3.56. The summed E-state index contributed by atoms with van der Waals surface area (Å²) in [4.78, 5) is 0. The third kappa shape index (κ3) is 3.14. The van der Waals surface area contributed by atoms with Crippen molar-refractivity contribution in [3.8, 4) is 22.5 Å². The summed E-state index contributed by atoms with van der Waals surface area (Å²) in [5.74, 6) is 0. The molecule has 0 fully saturated rings. The molecule has 0 bridgehead atoms. The number of benzene rings is 6. The molecule has 0 saturated carbocycles. The molecule has 178 valence electrons. The van der Waals surface area contributed by atoms with Crippen LogP contribution in [0.4, 0.5) is 0 Å². The van der Waals surface area contributed by atoms with Gasteiger partial charge < -0.3 is 9.13 Å². The minimum atomic E-state index is 1.18. The van der Waals surface area contributed by atoms with Gasteiger partial charge in [-0.25, -0.2) is 0 Å². The number of aromatic nitrogens is 2. The van der Waals surface area contributed by atoms with Crippen molar-refractivity contribution in [2.24, 2.45) is 0 Å². The monoisotopic (exact) mass is 484 g/mol. The normalized spacial score (nSPS) is 11.7. The van der Waals surface area contributed by atoms with Crippen LogP contribution in [-0.2, 0) is 0 Å². The molecule has 6 aromatic carbocycles. The fourth-order valence-electron chi connectivity index (χ4n) is 5.96. The van der Waals surface area contributed by atoms with E-state index in [1.54, 1.807) is 0 Å². The van der Waals surface area contributed by atoms with Gasteiger partial charge in [-0.1, -0.05) is 84.9 Å². The third-order valence-electron chi connectivity index (χ3n) is 7.74. The number of nitrogens with zero attached hydrogens (tertiary/aromatic N) is 2. The fourth-order valence-corrected chi connectivity index (χ4v) is 5.96. The highest BCUT2D eigenvalue weighted by Gasteiger charge is 2.14. The van der Waals surface area contributed by atoms with Crippen molar-refractivity contribution in [2.75, 3.05) is 0 Å². The number of rotatable bonds is 3. The summed E-state index contributed by atoms with van der Waals surface area (Å²) in [6.45, 7) is 0. The maximum absolute atomic E-state index is 2.36. The van der Waals surface area contributed by atoms with E-state index in [-0.39, 0.29) is 0 Å². The van der Waals surface area contributed by atoms with Crippen LogP contribution in [0.1, 0.15) is 0 Å².